The Morgan fingerprint density at radius 1 is 0.264 bits per heavy atom. The van der Waals surface area contributed by atoms with Crippen molar-refractivity contribution in [2.75, 3.05) is 39.6 Å². The molecule has 0 aromatic rings. The first-order valence-electron chi connectivity index (χ1n) is 43.9. The van der Waals surface area contributed by atoms with Crippen molar-refractivity contribution in [3.8, 4) is 0 Å². The number of aliphatic hydroxyl groups is 1. The highest BCUT2D eigenvalue weighted by Crippen LogP contribution is 2.45. The van der Waals surface area contributed by atoms with Crippen LogP contribution in [0.4, 0.5) is 0 Å². The lowest BCUT2D eigenvalue weighted by Crippen LogP contribution is -2.30. The van der Waals surface area contributed by atoms with Crippen molar-refractivity contribution < 1.29 is 80.2 Å². The van der Waals surface area contributed by atoms with Gasteiger partial charge in [-0.25, -0.2) is 9.13 Å². The smallest absolute Gasteiger partial charge is 0.462 e. The van der Waals surface area contributed by atoms with Gasteiger partial charge in [-0.15, -0.1) is 0 Å². The van der Waals surface area contributed by atoms with Crippen LogP contribution in [0.2, 0.25) is 0 Å². The zero-order valence-electron chi connectivity index (χ0n) is 68.4. The molecule has 0 saturated heterocycles. The van der Waals surface area contributed by atoms with Gasteiger partial charge >= 0.3 is 39.5 Å². The van der Waals surface area contributed by atoms with E-state index >= 15 is 0 Å². The molecule has 3 N–H and O–H groups in total. The Kier molecular flexibility index (Phi) is 77.8. The summed E-state index contributed by atoms with van der Waals surface area (Å²) in [5.41, 5.74) is 0. The number of unbranched alkanes of at least 4 members (excludes halogenated alkanes) is 50. The molecule has 0 aliphatic carbocycles. The number of aliphatic hydroxyl groups excluding tert-OH is 1. The average Bonchev–Trinajstić information content (AvgIpc) is 0.901. The van der Waals surface area contributed by atoms with Gasteiger partial charge in [0.1, 0.15) is 19.3 Å². The van der Waals surface area contributed by atoms with Gasteiger partial charge < -0.3 is 33.8 Å². The summed E-state index contributed by atoms with van der Waals surface area (Å²) in [5, 5.41) is 10.7. The third-order valence-electron chi connectivity index (χ3n) is 19.3. The molecule has 19 heteroatoms. The summed E-state index contributed by atoms with van der Waals surface area (Å²) in [4.78, 5) is 73.2. The van der Waals surface area contributed by atoms with E-state index in [0.29, 0.717) is 32.1 Å². The molecule has 0 aromatic heterocycles. The van der Waals surface area contributed by atoms with Crippen molar-refractivity contribution in [1.29, 1.82) is 0 Å². The van der Waals surface area contributed by atoms with Crippen molar-refractivity contribution in [1.82, 2.24) is 0 Å². The highest BCUT2D eigenvalue weighted by atomic mass is 31.2. The number of phosphoric ester groups is 2. The molecular weight excluding hydrogens is 1380 g/mol. The van der Waals surface area contributed by atoms with Crippen LogP contribution in [-0.4, -0.2) is 96.7 Å². The van der Waals surface area contributed by atoms with Gasteiger partial charge in [-0.2, -0.15) is 0 Å². The zero-order chi connectivity index (χ0) is 77.4. The minimum absolute atomic E-state index is 0.0915. The van der Waals surface area contributed by atoms with E-state index in [4.69, 9.17) is 37.0 Å². The molecule has 0 bridgehead atoms. The molecule has 0 amide bonds. The third kappa shape index (κ3) is 79.1. The lowest BCUT2D eigenvalue weighted by Gasteiger charge is -2.21. The Balaban J connectivity index is 5.35. The van der Waals surface area contributed by atoms with Gasteiger partial charge in [0.15, 0.2) is 12.2 Å². The lowest BCUT2D eigenvalue weighted by atomic mass is 10.0. The molecule has 0 aliphatic heterocycles. The first-order chi connectivity index (χ1) is 51.7. The second kappa shape index (κ2) is 80.1. The fourth-order valence-electron chi connectivity index (χ4n) is 12.6. The van der Waals surface area contributed by atoms with Crippen molar-refractivity contribution in [2.24, 2.45) is 0 Å². The van der Waals surface area contributed by atoms with E-state index in [2.05, 4.69) is 64.2 Å². The number of hydrogen-bond acceptors (Lipinski definition) is 15. The van der Waals surface area contributed by atoms with Gasteiger partial charge in [-0.3, -0.25) is 37.3 Å². The van der Waals surface area contributed by atoms with Crippen LogP contribution in [0.25, 0.3) is 0 Å². The first-order valence-corrected chi connectivity index (χ1v) is 46.9. The SMILES string of the molecule is CCCCC/C=C\C/C=C\C/C=C\C/C=C\CCCC(=O)OC[C@H](COP(=O)(O)OC[C@@H](O)COP(=O)(O)OC[C@@H](COC(=O)CCCCCCCCCCCCCCCCCCC)OC(=O)CCCCCCCCCCCCCCCCCCC)OC(=O)CCCCCCCCCCCCCCCCC. The van der Waals surface area contributed by atoms with Crippen LogP contribution < -0.4 is 0 Å². The third-order valence-corrected chi connectivity index (χ3v) is 21.2. The molecule has 2 unspecified atom stereocenters. The van der Waals surface area contributed by atoms with Crippen molar-refractivity contribution in [3.05, 3.63) is 48.6 Å². The summed E-state index contributed by atoms with van der Waals surface area (Å²) < 4.78 is 68.8. The molecule has 5 atom stereocenters. The Hall–Kier alpha value is -2.98. The second-order valence-electron chi connectivity index (χ2n) is 29.9. The number of phosphoric acid groups is 2. The van der Waals surface area contributed by atoms with Crippen molar-refractivity contribution >= 4 is 39.5 Å². The van der Waals surface area contributed by atoms with Crippen LogP contribution in [0, 0.1) is 0 Å². The predicted octanol–water partition coefficient (Wildman–Crippen LogP) is 26.0. The highest BCUT2D eigenvalue weighted by molar-refractivity contribution is 7.47. The van der Waals surface area contributed by atoms with Gasteiger partial charge in [-0.05, 0) is 64.2 Å². The second-order valence-corrected chi connectivity index (χ2v) is 32.8. The molecule has 0 rings (SSSR count). The topological polar surface area (TPSA) is 237 Å². The van der Waals surface area contributed by atoms with E-state index in [9.17, 15) is 43.2 Å². The summed E-state index contributed by atoms with van der Waals surface area (Å²) in [7, 11) is -9.96. The molecule has 0 spiro atoms. The monoisotopic (exact) mass is 1540 g/mol. The fourth-order valence-corrected chi connectivity index (χ4v) is 14.2. The zero-order valence-corrected chi connectivity index (χ0v) is 70.2. The first kappa shape index (κ1) is 103. The minimum atomic E-state index is -4.98. The lowest BCUT2D eigenvalue weighted by molar-refractivity contribution is -0.161. The van der Waals surface area contributed by atoms with E-state index in [-0.39, 0.29) is 25.7 Å². The van der Waals surface area contributed by atoms with E-state index in [1.54, 1.807) is 0 Å². The summed E-state index contributed by atoms with van der Waals surface area (Å²) in [6.45, 7) is 4.93. The Morgan fingerprint density at radius 3 is 0.745 bits per heavy atom. The number of allylic oxidation sites excluding steroid dienone is 8. The molecule has 0 fully saturated rings. The van der Waals surface area contributed by atoms with Crippen LogP contribution in [0.1, 0.15) is 426 Å². The standard InChI is InChI=1S/C87H162O17P2/c1-5-9-13-17-21-25-29-33-37-40-44-47-51-55-59-63-67-71-84(89)97-77-82(103-86(91)73-69-65-61-57-53-49-43-36-32-28-24-20-16-12-8-4)79-101-105(93,94)99-75-81(88)76-100-106(95,96)102-80-83(104-87(92)74-70-66-62-58-54-50-46-42-39-35-31-27-23-19-15-11-7-3)78-98-85(90)72-68-64-60-56-52-48-45-41-38-34-30-26-22-18-14-10-6-2/h21,25,33,37,44,47,55,59,81-83,88H,5-20,22-24,26-32,34-36,38-43,45-46,48-54,56-58,60-80H2,1-4H3,(H,93,94)(H,95,96)/b25-21-,37-33-,47-44-,59-55-/t81-,82-,83-/m1/s1. The quantitative estimate of drug-likeness (QED) is 0.0169. The van der Waals surface area contributed by atoms with Gasteiger partial charge in [0.05, 0.1) is 26.4 Å². The van der Waals surface area contributed by atoms with Crippen LogP contribution >= 0.6 is 15.6 Å². The Labute approximate surface area is 648 Å². The van der Waals surface area contributed by atoms with Gasteiger partial charge in [0, 0.05) is 25.7 Å². The van der Waals surface area contributed by atoms with E-state index in [1.807, 2.05) is 12.2 Å². The largest absolute Gasteiger partial charge is 0.472 e. The fraction of sp³-hybridized carbons (Fsp3) is 0.862. The van der Waals surface area contributed by atoms with E-state index < -0.39 is 97.5 Å². The molecule has 17 nitrogen and oxygen atoms in total. The summed E-state index contributed by atoms with van der Waals surface area (Å²) in [6, 6.07) is 0. The highest BCUT2D eigenvalue weighted by Gasteiger charge is 2.30. The van der Waals surface area contributed by atoms with Gasteiger partial charge in [0.2, 0.25) is 0 Å². The number of carbonyl (C=O) groups is 4. The number of ether oxygens (including phenoxy) is 4. The van der Waals surface area contributed by atoms with Crippen molar-refractivity contribution in [2.45, 2.75) is 444 Å². The average molecular weight is 1540 g/mol. The van der Waals surface area contributed by atoms with Gasteiger partial charge in [-0.1, -0.05) is 385 Å². The van der Waals surface area contributed by atoms with Crippen LogP contribution in [0.15, 0.2) is 48.6 Å². The van der Waals surface area contributed by atoms with Crippen LogP contribution in [0.3, 0.4) is 0 Å². The molecule has 0 aromatic carbocycles. The maximum Gasteiger partial charge on any atom is 0.472 e. The predicted molar refractivity (Wildman–Crippen MR) is 437 cm³/mol. The molecule has 0 saturated carbocycles. The number of esters is 4. The Morgan fingerprint density at radius 2 is 0.472 bits per heavy atom. The summed E-state index contributed by atoms with van der Waals surface area (Å²) in [6.07, 6.45) is 80.7. The maximum absolute atomic E-state index is 13.1. The van der Waals surface area contributed by atoms with Gasteiger partial charge in [0.25, 0.3) is 0 Å². The summed E-state index contributed by atoms with van der Waals surface area (Å²) in [5.74, 6) is -2.18. The number of hydrogen-bond donors (Lipinski definition) is 3. The van der Waals surface area contributed by atoms with Crippen LogP contribution in [0.5, 0.6) is 0 Å². The summed E-state index contributed by atoms with van der Waals surface area (Å²) >= 11 is 0. The minimum Gasteiger partial charge on any atom is -0.462 e. The van der Waals surface area contributed by atoms with Crippen LogP contribution in [-0.2, 0) is 65.4 Å². The van der Waals surface area contributed by atoms with E-state index in [0.717, 1.165) is 96.3 Å². The molecule has 0 radical (unpaired) electrons. The molecule has 0 aliphatic rings. The molecular formula is C87H162O17P2. The number of rotatable bonds is 84. The number of carbonyl (C=O) groups excluding carboxylic acids is 4. The molecule has 0 heterocycles. The van der Waals surface area contributed by atoms with Crippen molar-refractivity contribution in [3.63, 3.8) is 0 Å². The van der Waals surface area contributed by atoms with E-state index in [1.165, 1.54) is 244 Å². The normalized spacial score (nSPS) is 14.0. The molecule has 106 heavy (non-hydrogen) atoms. The maximum atomic E-state index is 13.1. The molecule has 622 valence electrons. The Bertz CT molecular complexity index is 2190.